The molecule has 1 heterocycles. The molecule has 16 heavy (non-hydrogen) atoms. The summed E-state index contributed by atoms with van der Waals surface area (Å²) in [6, 6.07) is -0.312. The Morgan fingerprint density at radius 1 is 1.50 bits per heavy atom. The third-order valence-electron chi connectivity index (χ3n) is 1.77. The molecule has 0 saturated heterocycles. The van der Waals surface area contributed by atoms with Crippen molar-refractivity contribution in [2.75, 3.05) is 18.5 Å². The number of nitrogens with zero attached hydrogens (tertiary/aromatic N) is 2. The van der Waals surface area contributed by atoms with E-state index >= 15 is 0 Å². The van der Waals surface area contributed by atoms with E-state index in [2.05, 4.69) is 27.8 Å². The monoisotopic (exact) mass is 244 g/mol. The Morgan fingerprint density at radius 2 is 2.31 bits per heavy atom. The van der Waals surface area contributed by atoms with Gasteiger partial charge < -0.3 is 10.4 Å². The maximum absolute atomic E-state index is 11.3. The first kappa shape index (κ1) is 12.9. The Kier molecular flexibility index (Phi) is 5.73. The molecule has 3 N–H and O–H groups in total. The maximum Gasteiger partial charge on any atom is 0.321 e. The van der Waals surface area contributed by atoms with Crippen LogP contribution in [0.5, 0.6) is 0 Å². The largest absolute Gasteiger partial charge is 0.396 e. The molecule has 1 aromatic heterocycles. The van der Waals surface area contributed by atoms with Crippen LogP contribution in [0.25, 0.3) is 0 Å². The Balaban J connectivity index is 2.31. The molecule has 1 aromatic rings. The van der Waals surface area contributed by atoms with Gasteiger partial charge in [-0.15, -0.1) is 10.2 Å². The molecule has 7 heteroatoms. The van der Waals surface area contributed by atoms with Crippen molar-refractivity contribution in [3.05, 3.63) is 5.01 Å². The van der Waals surface area contributed by atoms with Crippen molar-refractivity contribution < 1.29 is 9.90 Å². The molecule has 0 saturated carbocycles. The molecule has 0 aliphatic carbocycles. The highest BCUT2D eigenvalue weighted by atomic mass is 32.1. The van der Waals surface area contributed by atoms with E-state index in [0.29, 0.717) is 18.1 Å². The molecule has 0 bridgehead atoms. The normalized spacial score (nSPS) is 10.1. The Morgan fingerprint density at radius 3 is 3.00 bits per heavy atom. The van der Waals surface area contributed by atoms with Crippen molar-refractivity contribution in [3.63, 3.8) is 0 Å². The van der Waals surface area contributed by atoms with E-state index in [4.69, 9.17) is 5.11 Å². The zero-order valence-electron chi connectivity index (χ0n) is 9.19. The molecule has 0 atom stereocenters. The highest BCUT2D eigenvalue weighted by Crippen LogP contribution is 2.15. The second kappa shape index (κ2) is 7.13. The smallest absolute Gasteiger partial charge is 0.321 e. The number of rotatable bonds is 6. The molecule has 0 spiro atoms. The third-order valence-corrected chi connectivity index (χ3v) is 2.67. The van der Waals surface area contributed by atoms with Gasteiger partial charge in [-0.25, -0.2) is 4.79 Å². The predicted molar refractivity (Wildman–Crippen MR) is 62.6 cm³/mol. The van der Waals surface area contributed by atoms with Gasteiger partial charge >= 0.3 is 6.03 Å². The second-order valence-corrected chi connectivity index (χ2v) is 4.27. The molecule has 0 aliphatic rings. The van der Waals surface area contributed by atoms with Gasteiger partial charge in [0.05, 0.1) is 0 Å². The number of aromatic nitrogens is 2. The Bertz CT molecular complexity index is 329. The van der Waals surface area contributed by atoms with Crippen LogP contribution in [0.3, 0.4) is 0 Å². The summed E-state index contributed by atoms with van der Waals surface area (Å²) in [6.45, 7) is 2.58. The van der Waals surface area contributed by atoms with Gasteiger partial charge in [0.2, 0.25) is 5.13 Å². The molecular formula is C9H16N4O2S. The van der Waals surface area contributed by atoms with Crippen LogP contribution in [0, 0.1) is 0 Å². The van der Waals surface area contributed by atoms with Crippen LogP contribution < -0.4 is 10.6 Å². The van der Waals surface area contributed by atoms with E-state index in [1.807, 2.05) is 0 Å². The lowest BCUT2D eigenvalue weighted by molar-refractivity contribution is 0.249. The summed E-state index contributed by atoms with van der Waals surface area (Å²) < 4.78 is 0. The molecular weight excluding hydrogens is 228 g/mol. The van der Waals surface area contributed by atoms with Crippen molar-refractivity contribution in [1.29, 1.82) is 0 Å². The first-order valence-electron chi connectivity index (χ1n) is 5.24. The number of hydrogen-bond donors (Lipinski definition) is 3. The van der Waals surface area contributed by atoms with E-state index < -0.39 is 0 Å². The van der Waals surface area contributed by atoms with Gasteiger partial charge in [-0.3, -0.25) is 5.32 Å². The van der Waals surface area contributed by atoms with Crippen LogP contribution in [-0.4, -0.2) is 34.5 Å². The van der Waals surface area contributed by atoms with E-state index in [-0.39, 0.29) is 12.6 Å². The van der Waals surface area contributed by atoms with Crippen LogP contribution in [0.2, 0.25) is 0 Å². The van der Waals surface area contributed by atoms with Gasteiger partial charge in [0.15, 0.2) is 0 Å². The van der Waals surface area contributed by atoms with Crippen LogP contribution in [0.1, 0.15) is 24.8 Å². The molecule has 0 unspecified atom stereocenters. The lowest BCUT2D eigenvalue weighted by atomic mass is 10.4. The zero-order valence-corrected chi connectivity index (χ0v) is 10.0. The van der Waals surface area contributed by atoms with Gasteiger partial charge in [0.25, 0.3) is 0 Å². The number of nitrogens with one attached hydrogen (secondary N) is 2. The SMILES string of the molecule is CCCc1nnc(NC(=O)NCCCO)s1. The fourth-order valence-electron chi connectivity index (χ4n) is 1.04. The minimum absolute atomic E-state index is 0.0692. The van der Waals surface area contributed by atoms with Gasteiger partial charge in [0, 0.05) is 19.6 Å². The summed E-state index contributed by atoms with van der Waals surface area (Å²) in [5, 5.41) is 23.0. The number of aliphatic hydroxyl groups is 1. The summed E-state index contributed by atoms with van der Waals surface area (Å²) in [5.41, 5.74) is 0. The summed E-state index contributed by atoms with van der Waals surface area (Å²) in [5.74, 6) is 0. The van der Waals surface area contributed by atoms with Crippen LogP contribution in [-0.2, 0) is 6.42 Å². The maximum atomic E-state index is 11.3. The first-order valence-corrected chi connectivity index (χ1v) is 6.06. The van der Waals surface area contributed by atoms with Gasteiger partial charge in [-0.05, 0) is 12.8 Å². The number of aryl methyl sites for hydroxylation is 1. The van der Waals surface area contributed by atoms with Crippen molar-refractivity contribution >= 4 is 22.5 Å². The molecule has 0 aliphatic heterocycles. The summed E-state index contributed by atoms with van der Waals surface area (Å²) in [4.78, 5) is 11.3. The minimum Gasteiger partial charge on any atom is -0.396 e. The lowest BCUT2D eigenvalue weighted by Crippen LogP contribution is -2.29. The van der Waals surface area contributed by atoms with Crippen molar-refractivity contribution in [2.45, 2.75) is 26.2 Å². The number of carbonyl (C=O) groups excluding carboxylic acids is 1. The molecule has 6 nitrogen and oxygen atoms in total. The lowest BCUT2D eigenvalue weighted by Gasteiger charge is -2.02. The predicted octanol–water partition coefficient (Wildman–Crippen LogP) is 0.994. The fraction of sp³-hybridized carbons (Fsp3) is 0.667. The first-order chi connectivity index (χ1) is 7.76. The summed E-state index contributed by atoms with van der Waals surface area (Å²) in [7, 11) is 0. The Labute approximate surface area is 98.1 Å². The summed E-state index contributed by atoms with van der Waals surface area (Å²) in [6.07, 6.45) is 2.44. The molecule has 0 fully saturated rings. The number of anilines is 1. The molecule has 1 rings (SSSR count). The van der Waals surface area contributed by atoms with Gasteiger partial charge in [-0.2, -0.15) is 0 Å². The van der Waals surface area contributed by atoms with Gasteiger partial charge in [0.1, 0.15) is 5.01 Å². The molecule has 0 radical (unpaired) electrons. The average Bonchev–Trinajstić information content (AvgIpc) is 2.66. The fourth-order valence-corrected chi connectivity index (χ4v) is 1.88. The topological polar surface area (TPSA) is 87.1 Å². The number of amides is 2. The van der Waals surface area contributed by atoms with Crippen molar-refractivity contribution in [2.24, 2.45) is 0 Å². The number of aliphatic hydroxyl groups excluding tert-OH is 1. The minimum atomic E-state index is -0.312. The van der Waals surface area contributed by atoms with Crippen LogP contribution in [0.4, 0.5) is 9.93 Å². The number of urea groups is 1. The van der Waals surface area contributed by atoms with Crippen LogP contribution in [0.15, 0.2) is 0 Å². The highest BCUT2D eigenvalue weighted by Gasteiger charge is 2.06. The highest BCUT2D eigenvalue weighted by molar-refractivity contribution is 7.15. The van der Waals surface area contributed by atoms with E-state index in [1.165, 1.54) is 11.3 Å². The zero-order chi connectivity index (χ0) is 11.8. The Hall–Kier alpha value is -1.21. The van der Waals surface area contributed by atoms with Crippen LogP contribution >= 0.6 is 11.3 Å². The van der Waals surface area contributed by atoms with E-state index in [0.717, 1.165) is 17.8 Å². The number of carbonyl (C=O) groups is 1. The molecule has 0 aromatic carbocycles. The second-order valence-electron chi connectivity index (χ2n) is 3.21. The van der Waals surface area contributed by atoms with Crippen molar-refractivity contribution in [3.8, 4) is 0 Å². The third kappa shape index (κ3) is 4.54. The molecule has 90 valence electrons. The quantitative estimate of drug-likeness (QED) is 0.651. The van der Waals surface area contributed by atoms with E-state index in [9.17, 15) is 4.79 Å². The average molecular weight is 244 g/mol. The molecule has 2 amide bonds. The number of hydrogen-bond acceptors (Lipinski definition) is 5. The van der Waals surface area contributed by atoms with Gasteiger partial charge in [-0.1, -0.05) is 18.3 Å². The summed E-state index contributed by atoms with van der Waals surface area (Å²) >= 11 is 1.38. The standard InChI is InChI=1S/C9H16N4O2S/c1-2-4-7-12-13-9(16-7)11-8(15)10-5-3-6-14/h14H,2-6H2,1H3,(H2,10,11,13,15). The van der Waals surface area contributed by atoms with Crippen molar-refractivity contribution in [1.82, 2.24) is 15.5 Å². The van der Waals surface area contributed by atoms with E-state index in [1.54, 1.807) is 0 Å².